The van der Waals surface area contributed by atoms with Gasteiger partial charge in [-0.25, -0.2) is 14.8 Å². The molecular formula is C21H17N5O6S. The number of carbonyl (C=O) groups excluding carboxylic acids is 1. The molecule has 2 aromatic carbocycles. The minimum Gasteiger partial charge on any atom is -0.463 e. The molecule has 0 bridgehead atoms. The highest BCUT2D eigenvalue weighted by Gasteiger charge is 2.41. The summed E-state index contributed by atoms with van der Waals surface area (Å²) in [5.74, 6) is -0.599. The first-order valence-electron chi connectivity index (χ1n) is 9.81. The number of hydrogen-bond acceptors (Lipinski definition) is 10. The van der Waals surface area contributed by atoms with Crippen LogP contribution in [0.4, 0.5) is 11.4 Å². The number of benzene rings is 2. The molecule has 168 valence electrons. The molecule has 33 heavy (non-hydrogen) atoms. The Morgan fingerprint density at radius 1 is 1.12 bits per heavy atom. The molecule has 0 aliphatic carbocycles. The van der Waals surface area contributed by atoms with Crippen molar-refractivity contribution in [1.82, 2.24) is 5.01 Å². The minimum absolute atomic E-state index is 0.0839. The van der Waals surface area contributed by atoms with Crippen molar-refractivity contribution in [3.05, 3.63) is 91.2 Å². The van der Waals surface area contributed by atoms with Crippen molar-refractivity contribution in [3.8, 4) is 0 Å². The molecule has 0 N–H and O–H groups in total. The van der Waals surface area contributed by atoms with E-state index in [9.17, 15) is 25.0 Å². The molecule has 1 atom stereocenters. The molecule has 1 unspecified atom stereocenters. The predicted molar refractivity (Wildman–Crippen MR) is 122 cm³/mol. The quantitative estimate of drug-likeness (QED) is 0.350. The van der Waals surface area contributed by atoms with Crippen molar-refractivity contribution in [2.75, 3.05) is 6.61 Å². The molecule has 0 aromatic heterocycles. The molecule has 0 radical (unpaired) electrons. The van der Waals surface area contributed by atoms with Gasteiger partial charge in [0.15, 0.2) is 5.17 Å². The molecule has 2 aliphatic heterocycles. The van der Waals surface area contributed by atoms with Crippen LogP contribution in [-0.4, -0.2) is 37.6 Å². The van der Waals surface area contributed by atoms with E-state index in [1.807, 2.05) is 0 Å². The monoisotopic (exact) mass is 467 g/mol. The van der Waals surface area contributed by atoms with Gasteiger partial charge in [-0.1, -0.05) is 24.3 Å². The number of aliphatic imine (C=N–C) groups is 1. The summed E-state index contributed by atoms with van der Waals surface area (Å²) in [6.45, 7) is 3.48. The maximum Gasteiger partial charge on any atom is 0.338 e. The van der Waals surface area contributed by atoms with Crippen molar-refractivity contribution in [3.63, 3.8) is 0 Å². The largest absolute Gasteiger partial charge is 0.463 e. The van der Waals surface area contributed by atoms with Gasteiger partial charge in [0.25, 0.3) is 11.4 Å². The van der Waals surface area contributed by atoms with Crippen molar-refractivity contribution >= 4 is 39.3 Å². The number of nitro groups is 2. The Morgan fingerprint density at radius 2 is 1.79 bits per heavy atom. The molecule has 4 rings (SSSR count). The number of carbonyl (C=O) groups is 1. The maximum absolute atomic E-state index is 12.8. The third kappa shape index (κ3) is 4.20. The number of thioether (sulfide) groups is 1. The zero-order valence-corrected chi connectivity index (χ0v) is 18.3. The number of amidine groups is 1. The summed E-state index contributed by atoms with van der Waals surface area (Å²) in [6.07, 6.45) is 0. The second kappa shape index (κ2) is 8.82. The lowest BCUT2D eigenvalue weighted by Crippen LogP contribution is -2.34. The van der Waals surface area contributed by atoms with Gasteiger partial charge >= 0.3 is 5.97 Å². The molecule has 12 heteroatoms. The van der Waals surface area contributed by atoms with Crippen molar-refractivity contribution in [2.45, 2.75) is 19.9 Å². The lowest BCUT2D eigenvalue weighted by molar-refractivity contribution is -0.385. The van der Waals surface area contributed by atoms with Crippen LogP contribution >= 0.6 is 11.8 Å². The van der Waals surface area contributed by atoms with Crippen LogP contribution in [-0.2, 0) is 9.53 Å². The predicted octanol–water partition coefficient (Wildman–Crippen LogP) is 4.16. The normalized spacial score (nSPS) is 17.3. The number of esters is 1. The van der Waals surface area contributed by atoms with Gasteiger partial charge < -0.3 is 4.74 Å². The van der Waals surface area contributed by atoms with Gasteiger partial charge in [-0.2, -0.15) is 5.10 Å². The Bertz CT molecular complexity index is 1270. The first kappa shape index (κ1) is 22.1. The van der Waals surface area contributed by atoms with Crippen LogP contribution in [0.25, 0.3) is 0 Å². The fourth-order valence-electron chi connectivity index (χ4n) is 3.51. The van der Waals surface area contributed by atoms with E-state index in [-0.39, 0.29) is 23.6 Å². The summed E-state index contributed by atoms with van der Waals surface area (Å²) in [6, 6.07) is 11.1. The molecule has 0 saturated heterocycles. The Hall–Kier alpha value is -4.06. The Labute approximate surface area is 191 Å². The van der Waals surface area contributed by atoms with E-state index < -0.39 is 21.9 Å². The Balaban J connectivity index is 1.83. The summed E-state index contributed by atoms with van der Waals surface area (Å²) in [5.41, 5.74) is 1.37. The van der Waals surface area contributed by atoms with E-state index in [0.29, 0.717) is 27.0 Å². The average molecular weight is 467 g/mol. The summed E-state index contributed by atoms with van der Waals surface area (Å²) >= 11 is 1.19. The van der Waals surface area contributed by atoms with Gasteiger partial charge in [-0.15, -0.1) is 0 Å². The average Bonchev–Trinajstić information content (AvgIpc) is 3.22. The second-order valence-corrected chi connectivity index (χ2v) is 7.98. The van der Waals surface area contributed by atoms with Gasteiger partial charge in [0.1, 0.15) is 11.1 Å². The molecule has 0 fully saturated rings. The number of nitro benzene ring substituents is 2. The van der Waals surface area contributed by atoms with Crippen LogP contribution in [0.2, 0.25) is 0 Å². The second-order valence-electron chi connectivity index (χ2n) is 7.03. The van der Waals surface area contributed by atoms with Gasteiger partial charge in [-0.05, 0) is 31.2 Å². The topological polar surface area (TPSA) is 141 Å². The van der Waals surface area contributed by atoms with Gasteiger partial charge in [-0.3, -0.25) is 20.2 Å². The first-order chi connectivity index (χ1) is 15.8. The maximum atomic E-state index is 12.8. The highest BCUT2D eigenvalue weighted by molar-refractivity contribution is 8.27. The summed E-state index contributed by atoms with van der Waals surface area (Å²) < 4.78 is 5.23. The van der Waals surface area contributed by atoms with Crippen LogP contribution in [0.3, 0.4) is 0 Å². The molecule has 0 amide bonds. The smallest absolute Gasteiger partial charge is 0.338 e. The van der Waals surface area contributed by atoms with Crippen molar-refractivity contribution < 1.29 is 19.4 Å². The number of fused-ring (bicyclic) bond motifs is 1. The lowest BCUT2D eigenvalue weighted by atomic mass is 9.95. The molecule has 11 nitrogen and oxygen atoms in total. The van der Waals surface area contributed by atoms with Crippen LogP contribution in [0.5, 0.6) is 0 Å². The standard InChI is InChI=1S/C21H17N5O6S/c1-3-32-20(27)17-12(2)22-21-24(18(17)13-6-4-8-15(10-13)25(28)29)23-19(33-21)14-7-5-9-16(11-14)26(30)31/h4-11,18H,3H2,1-2H3. The molecular weight excluding hydrogens is 450 g/mol. The van der Waals surface area contributed by atoms with Gasteiger partial charge in [0.05, 0.1) is 27.7 Å². The SMILES string of the molecule is CCOC(=O)C1=C(C)N=C2SC(c3cccc([N+](=O)[O-])c3)=NN2C1c1cccc([N+](=O)[O-])c1. The molecule has 2 aliphatic rings. The molecule has 2 aromatic rings. The Morgan fingerprint density at radius 3 is 2.45 bits per heavy atom. The highest BCUT2D eigenvalue weighted by atomic mass is 32.2. The molecule has 2 heterocycles. The zero-order chi connectivity index (χ0) is 23.7. The molecule has 0 spiro atoms. The summed E-state index contributed by atoms with van der Waals surface area (Å²) in [4.78, 5) is 38.8. The molecule has 0 saturated carbocycles. The zero-order valence-electron chi connectivity index (χ0n) is 17.5. The van der Waals surface area contributed by atoms with Crippen molar-refractivity contribution in [1.29, 1.82) is 0 Å². The minimum atomic E-state index is -0.819. The van der Waals surface area contributed by atoms with E-state index in [4.69, 9.17) is 4.74 Å². The van der Waals surface area contributed by atoms with Crippen LogP contribution in [0.15, 0.2) is 69.9 Å². The van der Waals surface area contributed by atoms with E-state index in [1.165, 1.54) is 47.1 Å². The number of ether oxygens (including phenoxy) is 1. The first-order valence-corrected chi connectivity index (χ1v) is 10.6. The number of non-ortho nitro benzene ring substituents is 2. The number of rotatable bonds is 6. The summed E-state index contributed by atoms with van der Waals surface area (Å²) in [7, 11) is 0. The van der Waals surface area contributed by atoms with Crippen LogP contribution < -0.4 is 0 Å². The fourth-order valence-corrected chi connectivity index (χ4v) is 4.48. The number of hydrogen-bond donors (Lipinski definition) is 0. The van der Waals surface area contributed by atoms with Crippen LogP contribution in [0, 0.1) is 20.2 Å². The summed E-state index contributed by atoms with van der Waals surface area (Å²) in [5, 5.41) is 29.5. The Kier molecular flexibility index (Phi) is 5.92. The van der Waals surface area contributed by atoms with Crippen LogP contribution in [0.1, 0.15) is 31.0 Å². The lowest BCUT2D eigenvalue weighted by Gasteiger charge is -2.31. The number of allylic oxidation sites excluding steroid dienone is 1. The number of hydrazone groups is 1. The fraction of sp³-hybridized carbons (Fsp3) is 0.190. The number of nitrogens with zero attached hydrogens (tertiary/aromatic N) is 5. The third-order valence-corrected chi connectivity index (χ3v) is 5.92. The van der Waals surface area contributed by atoms with Gasteiger partial charge in [0, 0.05) is 29.8 Å². The third-order valence-electron chi connectivity index (χ3n) is 4.95. The van der Waals surface area contributed by atoms with E-state index >= 15 is 0 Å². The van der Waals surface area contributed by atoms with Crippen molar-refractivity contribution in [2.24, 2.45) is 10.1 Å². The van der Waals surface area contributed by atoms with Gasteiger partial charge in [0.2, 0.25) is 0 Å². The van der Waals surface area contributed by atoms with E-state index in [0.717, 1.165) is 0 Å². The highest BCUT2D eigenvalue weighted by Crippen LogP contribution is 2.43. The van der Waals surface area contributed by atoms with E-state index in [2.05, 4.69) is 10.1 Å². The van der Waals surface area contributed by atoms with E-state index in [1.54, 1.807) is 32.0 Å².